The van der Waals surface area contributed by atoms with Crippen LogP contribution in [0.1, 0.15) is 29.7 Å². The fourth-order valence-corrected chi connectivity index (χ4v) is 2.35. The van der Waals surface area contributed by atoms with Gasteiger partial charge in [-0.1, -0.05) is 28.1 Å². The molecule has 0 heterocycles. The molecule has 20 heavy (non-hydrogen) atoms. The van der Waals surface area contributed by atoms with Crippen LogP contribution in [0.4, 0.5) is 4.39 Å². The fourth-order valence-electron chi connectivity index (χ4n) is 1.94. The Labute approximate surface area is 126 Å². The van der Waals surface area contributed by atoms with E-state index in [1.807, 2.05) is 37.3 Å². The van der Waals surface area contributed by atoms with Gasteiger partial charge >= 0.3 is 0 Å². The van der Waals surface area contributed by atoms with Crippen molar-refractivity contribution in [2.75, 3.05) is 0 Å². The molecule has 0 fully saturated rings. The fraction of sp³-hybridized carbons (Fsp3) is 0.188. The van der Waals surface area contributed by atoms with E-state index in [2.05, 4.69) is 21.2 Å². The molecule has 0 aliphatic heterocycles. The second kappa shape index (κ2) is 6.65. The summed E-state index contributed by atoms with van der Waals surface area (Å²) in [5.74, 6) is -0.294. The van der Waals surface area contributed by atoms with Gasteiger partial charge in [0.1, 0.15) is 5.82 Å². The van der Waals surface area contributed by atoms with E-state index in [1.165, 1.54) is 12.1 Å². The van der Waals surface area contributed by atoms with Gasteiger partial charge in [-0.3, -0.25) is 0 Å². The maximum absolute atomic E-state index is 13.7. The summed E-state index contributed by atoms with van der Waals surface area (Å²) in [4.78, 5) is 0. The van der Waals surface area contributed by atoms with Crippen LogP contribution >= 0.6 is 15.9 Å². The number of benzene rings is 2. The van der Waals surface area contributed by atoms with Gasteiger partial charge in [-0.05, 0) is 42.8 Å². The standard InChI is InChI=1S/C16H14BrFN2/c1-11(13-3-2-4-15(17)8-13)20-10-14-7-12(9-19)5-6-16(14)18/h2-8,11,20H,10H2,1H3/t11-/m1/s1. The van der Waals surface area contributed by atoms with Crippen molar-refractivity contribution >= 4 is 15.9 Å². The molecule has 0 spiro atoms. The summed E-state index contributed by atoms with van der Waals surface area (Å²) in [5, 5.41) is 12.1. The van der Waals surface area contributed by atoms with Gasteiger partial charge < -0.3 is 5.32 Å². The van der Waals surface area contributed by atoms with Crippen molar-refractivity contribution in [3.63, 3.8) is 0 Å². The lowest BCUT2D eigenvalue weighted by Gasteiger charge is -2.15. The van der Waals surface area contributed by atoms with E-state index in [-0.39, 0.29) is 11.9 Å². The Morgan fingerprint density at radius 2 is 2.10 bits per heavy atom. The summed E-state index contributed by atoms with van der Waals surface area (Å²) in [5.41, 5.74) is 2.10. The number of halogens is 2. The van der Waals surface area contributed by atoms with Gasteiger partial charge in [0, 0.05) is 22.6 Å². The van der Waals surface area contributed by atoms with Crippen molar-refractivity contribution in [2.45, 2.75) is 19.5 Å². The average molecular weight is 333 g/mol. The second-order valence-corrected chi connectivity index (χ2v) is 5.49. The van der Waals surface area contributed by atoms with Crippen LogP contribution in [0.25, 0.3) is 0 Å². The summed E-state index contributed by atoms with van der Waals surface area (Å²) < 4.78 is 14.7. The number of nitrogens with one attached hydrogen (secondary N) is 1. The van der Waals surface area contributed by atoms with Gasteiger partial charge in [0.25, 0.3) is 0 Å². The van der Waals surface area contributed by atoms with E-state index in [1.54, 1.807) is 6.07 Å². The predicted octanol–water partition coefficient (Wildman–Crippen LogP) is 4.31. The third-order valence-electron chi connectivity index (χ3n) is 3.12. The van der Waals surface area contributed by atoms with Gasteiger partial charge in [-0.2, -0.15) is 5.26 Å². The van der Waals surface area contributed by atoms with E-state index in [4.69, 9.17) is 5.26 Å². The minimum Gasteiger partial charge on any atom is -0.306 e. The maximum Gasteiger partial charge on any atom is 0.127 e. The Hall–Kier alpha value is -1.70. The SMILES string of the molecule is C[C@@H](NCc1cc(C#N)ccc1F)c1cccc(Br)c1. The average Bonchev–Trinajstić information content (AvgIpc) is 2.46. The third kappa shape index (κ3) is 3.66. The molecule has 1 N–H and O–H groups in total. The lowest BCUT2D eigenvalue weighted by Crippen LogP contribution is -2.18. The smallest absolute Gasteiger partial charge is 0.127 e. The number of hydrogen-bond donors (Lipinski definition) is 1. The van der Waals surface area contributed by atoms with Crippen LogP contribution in [0.2, 0.25) is 0 Å². The molecule has 0 amide bonds. The van der Waals surface area contributed by atoms with Gasteiger partial charge in [0.05, 0.1) is 11.6 Å². The monoisotopic (exact) mass is 332 g/mol. The normalized spacial score (nSPS) is 11.9. The Morgan fingerprint density at radius 3 is 2.80 bits per heavy atom. The van der Waals surface area contributed by atoms with Crippen LogP contribution in [0, 0.1) is 17.1 Å². The van der Waals surface area contributed by atoms with E-state index >= 15 is 0 Å². The van der Waals surface area contributed by atoms with E-state index < -0.39 is 0 Å². The third-order valence-corrected chi connectivity index (χ3v) is 3.62. The molecule has 0 aliphatic rings. The Kier molecular flexibility index (Phi) is 4.89. The Bertz CT molecular complexity index is 649. The minimum atomic E-state index is -0.294. The Morgan fingerprint density at radius 1 is 1.30 bits per heavy atom. The number of hydrogen-bond acceptors (Lipinski definition) is 2. The molecule has 2 aromatic rings. The van der Waals surface area contributed by atoms with Crippen molar-refractivity contribution in [1.82, 2.24) is 5.32 Å². The highest BCUT2D eigenvalue weighted by Gasteiger charge is 2.08. The van der Waals surface area contributed by atoms with Crippen molar-refractivity contribution in [3.05, 3.63) is 69.4 Å². The van der Waals surface area contributed by atoms with E-state index in [9.17, 15) is 4.39 Å². The van der Waals surface area contributed by atoms with Crippen LogP contribution in [0.3, 0.4) is 0 Å². The van der Waals surface area contributed by atoms with Gasteiger partial charge in [-0.25, -0.2) is 4.39 Å². The van der Waals surface area contributed by atoms with Gasteiger partial charge in [0.15, 0.2) is 0 Å². The van der Waals surface area contributed by atoms with Crippen LogP contribution in [0.5, 0.6) is 0 Å². The predicted molar refractivity (Wildman–Crippen MR) is 80.5 cm³/mol. The molecule has 2 nitrogen and oxygen atoms in total. The number of nitrogens with zero attached hydrogens (tertiary/aromatic N) is 1. The lowest BCUT2D eigenvalue weighted by atomic mass is 10.1. The van der Waals surface area contributed by atoms with Gasteiger partial charge in [0.2, 0.25) is 0 Å². The first-order valence-electron chi connectivity index (χ1n) is 6.27. The van der Waals surface area contributed by atoms with Crippen LogP contribution in [0.15, 0.2) is 46.9 Å². The highest BCUT2D eigenvalue weighted by molar-refractivity contribution is 9.10. The molecular weight excluding hydrogens is 319 g/mol. The highest BCUT2D eigenvalue weighted by atomic mass is 79.9. The van der Waals surface area contributed by atoms with Crippen molar-refractivity contribution in [3.8, 4) is 6.07 Å². The molecular formula is C16H14BrFN2. The molecule has 0 unspecified atom stereocenters. The first-order chi connectivity index (χ1) is 9.60. The lowest BCUT2D eigenvalue weighted by molar-refractivity contribution is 0.544. The topological polar surface area (TPSA) is 35.8 Å². The molecule has 0 aromatic heterocycles. The largest absolute Gasteiger partial charge is 0.306 e. The first-order valence-corrected chi connectivity index (χ1v) is 7.07. The number of rotatable bonds is 4. The molecule has 2 rings (SSSR count). The zero-order valence-electron chi connectivity index (χ0n) is 11.0. The quantitative estimate of drug-likeness (QED) is 0.905. The molecule has 1 atom stereocenters. The van der Waals surface area contributed by atoms with E-state index in [0.29, 0.717) is 17.7 Å². The van der Waals surface area contributed by atoms with Crippen molar-refractivity contribution < 1.29 is 4.39 Å². The molecule has 0 aliphatic carbocycles. The summed E-state index contributed by atoms with van der Waals surface area (Å²) in [6.07, 6.45) is 0. The molecule has 0 bridgehead atoms. The molecule has 102 valence electrons. The van der Waals surface area contributed by atoms with Crippen LogP contribution < -0.4 is 5.32 Å². The molecule has 0 saturated carbocycles. The summed E-state index contributed by atoms with van der Waals surface area (Å²) in [7, 11) is 0. The number of nitriles is 1. The van der Waals surface area contributed by atoms with Crippen LogP contribution in [-0.4, -0.2) is 0 Å². The van der Waals surface area contributed by atoms with E-state index in [0.717, 1.165) is 10.0 Å². The van der Waals surface area contributed by atoms with Crippen molar-refractivity contribution in [2.24, 2.45) is 0 Å². The first kappa shape index (κ1) is 14.7. The second-order valence-electron chi connectivity index (χ2n) is 4.58. The zero-order chi connectivity index (χ0) is 14.5. The molecule has 2 aromatic carbocycles. The molecule has 0 radical (unpaired) electrons. The highest BCUT2D eigenvalue weighted by Crippen LogP contribution is 2.19. The van der Waals surface area contributed by atoms with Crippen LogP contribution in [-0.2, 0) is 6.54 Å². The van der Waals surface area contributed by atoms with Crippen molar-refractivity contribution in [1.29, 1.82) is 5.26 Å². The zero-order valence-corrected chi connectivity index (χ0v) is 12.6. The summed E-state index contributed by atoms with van der Waals surface area (Å²) >= 11 is 3.43. The summed E-state index contributed by atoms with van der Waals surface area (Å²) in [6.45, 7) is 2.41. The molecule has 0 saturated heterocycles. The molecule has 4 heteroatoms. The minimum absolute atomic E-state index is 0.0950. The van der Waals surface area contributed by atoms with Gasteiger partial charge in [-0.15, -0.1) is 0 Å². The maximum atomic E-state index is 13.7. The Balaban J connectivity index is 2.07. The summed E-state index contributed by atoms with van der Waals surface area (Å²) in [6, 6.07) is 14.5.